The summed E-state index contributed by atoms with van der Waals surface area (Å²) in [4.78, 5) is 19.6. The van der Waals surface area contributed by atoms with Crippen molar-refractivity contribution in [2.24, 2.45) is 5.10 Å². The number of halogens is 1. The maximum atomic E-state index is 13.0. The third-order valence-electron chi connectivity index (χ3n) is 4.60. The zero-order valence-electron chi connectivity index (χ0n) is 16.3. The highest BCUT2D eigenvalue weighted by molar-refractivity contribution is 7.14. The number of carbonyl (C=O) groups is 1. The van der Waals surface area contributed by atoms with Crippen LogP contribution in [0.4, 0.5) is 10.8 Å². The lowest BCUT2D eigenvalue weighted by molar-refractivity contribution is -0.114. The third kappa shape index (κ3) is 3.95. The summed E-state index contributed by atoms with van der Waals surface area (Å²) in [5.74, 6) is -0.170. The maximum absolute atomic E-state index is 13.0. The summed E-state index contributed by atoms with van der Waals surface area (Å²) >= 11 is 7.34. The van der Waals surface area contributed by atoms with Gasteiger partial charge in [-0.25, -0.2) is 4.98 Å². The van der Waals surface area contributed by atoms with Crippen molar-refractivity contribution in [1.82, 2.24) is 4.98 Å². The molecule has 4 rings (SSSR count). The van der Waals surface area contributed by atoms with Crippen molar-refractivity contribution in [3.05, 3.63) is 70.1 Å². The predicted octanol–water partition coefficient (Wildman–Crippen LogP) is 5.34. The van der Waals surface area contributed by atoms with Gasteiger partial charge in [0.15, 0.2) is 0 Å². The fraction of sp³-hybridized carbons (Fsp3) is 0.136. The fourth-order valence-electron chi connectivity index (χ4n) is 2.96. The van der Waals surface area contributed by atoms with E-state index in [2.05, 4.69) is 10.1 Å². The molecule has 3 aromatic rings. The first-order valence-corrected chi connectivity index (χ1v) is 10.3. The molecule has 5 nitrogen and oxygen atoms in total. The van der Waals surface area contributed by atoms with Gasteiger partial charge in [0.1, 0.15) is 0 Å². The number of nitrogens with zero attached hydrogens (tertiary/aromatic N) is 4. The summed E-state index contributed by atoms with van der Waals surface area (Å²) in [6.07, 6.45) is 1.87. The van der Waals surface area contributed by atoms with E-state index in [1.54, 1.807) is 0 Å². The molecule has 2 aromatic carbocycles. The molecule has 0 bridgehead atoms. The Morgan fingerprint density at radius 2 is 1.76 bits per heavy atom. The van der Waals surface area contributed by atoms with Crippen LogP contribution in [-0.2, 0) is 4.79 Å². The fourth-order valence-corrected chi connectivity index (χ4v) is 3.87. The number of amides is 1. The van der Waals surface area contributed by atoms with E-state index in [0.717, 1.165) is 22.5 Å². The van der Waals surface area contributed by atoms with Gasteiger partial charge in [0.2, 0.25) is 5.13 Å². The van der Waals surface area contributed by atoms with E-state index in [9.17, 15) is 4.79 Å². The van der Waals surface area contributed by atoms with Gasteiger partial charge in [-0.3, -0.25) is 4.79 Å². The van der Waals surface area contributed by atoms with Gasteiger partial charge < -0.3 is 4.90 Å². The molecule has 0 saturated heterocycles. The van der Waals surface area contributed by atoms with Crippen LogP contribution in [0.2, 0.25) is 5.02 Å². The molecule has 0 N–H and O–H groups in total. The molecule has 146 valence electrons. The van der Waals surface area contributed by atoms with E-state index in [4.69, 9.17) is 11.6 Å². The molecule has 0 unspecified atom stereocenters. The van der Waals surface area contributed by atoms with Crippen LogP contribution in [0.15, 0.2) is 64.6 Å². The van der Waals surface area contributed by atoms with Crippen molar-refractivity contribution in [2.45, 2.75) is 6.92 Å². The third-order valence-corrected chi connectivity index (χ3v) is 5.66. The summed E-state index contributed by atoms with van der Waals surface area (Å²) in [5, 5.41) is 8.95. The first-order chi connectivity index (χ1) is 13.9. The molecule has 1 aliphatic rings. The quantitative estimate of drug-likeness (QED) is 0.533. The Balaban J connectivity index is 1.58. The summed E-state index contributed by atoms with van der Waals surface area (Å²) < 4.78 is 0. The van der Waals surface area contributed by atoms with Crippen LogP contribution in [-0.4, -0.2) is 30.7 Å². The first-order valence-electron chi connectivity index (χ1n) is 9.03. The number of aromatic nitrogens is 1. The lowest BCUT2D eigenvalue weighted by atomic mass is 10.1. The topological polar surface area (TPSA) is 48.8 Å². The van der Waals surface area contributed by atoms with Crippen LogP contribution in [0.3, 0.4) is 0 Å². The molecule has 29 heavy (non-hydrogen) atoms. The van der Waals surface area contributed by atoms with Crippen LogP contribution in [0.1, 0.15) is 12.5 Å². The minimum absolute atomic E-state index is 0.170. The van der Waals surface area contributed by atoms with Gasteiger partial charge >= 0.3 is 0 Å². The molecule has 0 aliphatic carbocycles. The second-order valence-corrected chi connectivity index (χ2v) is 8.14. The zero-order valence-corrected chi connectivity index (χ0v) is 17.8. The average molecular weight is 423 g/mol. The van der Waals surface area contributed by atoms with Crippen molar-refractivity contribution in [3.63, 3.8) is 0 Å². The highest BCUT2D eigenvalue weighted by atomic mass is 35.5. The van der Waals surface area contributed by atoms with Crippen molar-refractivity contribution in [3.8, 4) is 11.3 Å². The largest absolute Gasteiger partial charge is 0.378 e. The van der Waals surface area contributed by atoms with E-state index in [0.29, 0.717) is 21.4 Å². The van der Waals surface area contributed by atoms with E-state index in [-0.39, 0.29) is 5.91 Å². The Morgan fingerprint density at radius 3 is 2.41 bits per heavy atom. The SMILES string of the molecule is CC1=NN(c2nc(-c3ccc(Cl)cc3)cs2)C(=O)C1=Cc1ccc(N(C)C)cc1. The standard InChI is InChI=1S/C22H19ClN4OS/c1-14-19(12-15-4-10-18(11-5-15)26(2)3)21(28)27(25-14)22-24-20(13-29-22)16-6-8-17(23)9-7-16/h4-13H,1-3H3. The first kappa shape index (κ1) is 19.4. The molecular formula is C22H19ClN4OS. The summed E-state index contributed by atoms with van der Waals surface area (Å²) in [5.41, 5.74) is 5.05. The van der Waals surface area contributed by atoms with Crippen LogP contribution in [0, 0.1) is 0 Å². The molecule has 7 heteroatoms. The average Bonchev–Trinajstić information content (AvgIpc) is 3.29. The Hall–Kier alpha value is -2.96. The Morgan fingerprint density at radius 1 is 1.07 bits per heavy atom. The van der Waals surface area contributed by atoms with Gasteiger partial charge in [0.05, 0.1) is 17.0 Å². The number of anilines is 2. The van der Waals surface area contributed by atoms with Crippen molar-refractivity contribution >= 4 is 51.5 Å². The molecule has 0 radical (unpaired) electrons. The number of carbonyl (C=O) groups excluding carboxylic acids is 1. The summed E-state index contributed by atoms with van der Waals surface area (Å²) in [6, 6.07) is 15.5. The molecule has 0 saturated carbocycles. The molecule has 1 amide bonds. The number of hydrogen-bond acceptors (Lipinski definition) is 5. The summed E-state index contributed by atoms with van der Waals surface area (Å²) in [6.45, 7) is 1.84. The van der Waals surface area contributed by atoms with E-state index in [1.165, 1.54) is 16.3 Å². The highest BCUT2D eigenvalue weighted by Crippen LogP contribution is 2.32. The molecule has 0 atom stereocenters. The second-order valence-electron chi connectivity index (χ2n) is 6.87. The Labute approximate surface area is 178 Å². The monoisotopic (exact) mass is 422 g/mol. The second kappa shape index (κ2) is 7.81. The number of hydrogen-bond donors (Lipinski definition) is 0. The molecule has 0 spiro atoms. The van der Waals surface area contributed by atoms with Crippen LogP contribution in [0.25, 0.3) is 17.3 Å². The normalized spacial score (nSPS) is 15.2. The Kier molecular flexibility index (Phi) is 5.22. The highest BCUT2D eigenvalue weighted by Gasteiger charge is 2.30. The lowest BCUT2D eigenvalue weighted by Gasteiger charge is -2.12. The molecule has 1 aliphatic heterocycles. The molecule has 1 aromatic heterocycles. The maximum Gasteiger partial charge on any atom is 0.282 e. The van der Waals surface area contributed by atoms with Crippen LogP contribution >= 0.6 is 22.9 Å². The number of thiazole rings is 1. The van der Waals surface area contributed by atoms with E-state index < -0.39 is 0 Å². The van der Waals surface area contributed by atoms with Gasteiger partial charge in [0, 0.05) is 35.7 Å². The van der Waals surface area contributed by atoms with E-state index in [1.807, 2.05) is 85.9 Å². The van der Waals surface area contributed by atoms with Gasteiger partial charge in [-0.1, -0.05) is 35.9 Å². The van der Waals surface area contributed by atoms with Crippen molar-refractivity contribution in [1.29, 1.82) is 0 Å². The minimum Gasteiger partial charge on any atom is -0.378 e. The summed E-state index contributed by atoms with van der Waals surface area (Å²) in [7, 11) is 3.99. The van der Waals surface area contributed by atoms with Crippen LogP contribution < -0.4 is 9.91 Å². The predicted molar refractivity (Wildman–Crippen MR) is 122 cm³/mol. The number of benzene rings is 2. The van der Waals surface area contributed by atoms with Gasteiger partial charge in [-0.15, -0.1) is 11.3 Å². The Bertz CT molecular complexity index is 1110. The molecular weight excluding hydrogens is 404 g/mol. The van der Waals surface area contributed by atoms with Gasteiger partial charge in [-0.2, -0.15) is 10.1 Å². The van der Waals surface area contributed by atoms with Crippen LogP contribution in [0.5, 0.6) is 0 Å². The van der Waals surface area contributed by atoms with Crippen molar-refractivity contribution in [2.75, 3.05) is 24.0 Å². The van der Waals surface area contributed by atoms with Gasteiger partial charge in [-0.05, 0) is 42.8 Å². The molecule has 2 heterocycles. The van der Waals surface area contributed by atoms with E-state index >= 15 is 0 Å². The van der Waals surface area contributed by atoms with Crippen molar-refractivity contribution < 1.29 is 4.79 Å². The number of hydrazone groups is 1. The minimum atomic E-state index is -0.170. The smallest absolute Gasteiger partial charge is 0.282 e. The lowest BCUT2D eigenvalue weighted by Crippen LogP contribution is -2.21. The number of rotatable bonds is 4. The zero-order chi connectivity index (χ0) is 20.5. The van der Waals surface area contributed by atoms with Gasteiger partial charge in [0.25, 0.3) is 5.91 Å². The molecule has 0 fully saturated rings.